The van der Waals surface area contributed by atoms with E-state index in [2.05, 4.69) is 18.4 Å². The third-order valence-electron chi connectivity index (χ3n) is 11.2. The summed E-state index contributed by atoms with van der Waals surface area (Å²) in [6.45, 7) is 11.0. The number of piperidine rings is 2. The van der Waals surface area contributed by atoms with E-state index in [1.54, 1.807) is 0 Å². The molecule has 0 aromatic heterocycles. The summed E-state index contributed by atoms with van der Waals surface area (Å²) in [6.07, 6.45) is 2.60. The van der Waals surface area contributed by atoms with Crippen molar-refractivity contribution in [2.75, 3.05) is 6.54 Å². The van der Waals surface area contributed by atoms with Crippen LogP contribution in [0, 0.1) is 39.9 Å². The summed E-state index contributed by atoms with van der Waals surface area (Å²) in [5, 5.41) is 35.6. The molecule has 0 aromatic carbocycles. The van der Waals surface area contributed by atoms with Crippen molar-refractivity contribution in [3.05, 3.63) is 12.2 Å². The van der Waals surface area contributed by atoms with Crippen LogP contribution in [0.2, 0.25) is 0 Å². The number of carbonyl (C=O) groups is 1. The Bertz CT molecular complexity index is 919. The first-order chi connectivity index (χ1) is 14.0. The van der Waals surface area contributed by atoms with Gasteiger partial charge in [0.1, 0.15) is 17.4 Å². The number of aliphatic hydroxyl groups is 3. The van der Waals surface area contributed by atoms with Crippen LogP contribution in [0.25, 0.3) is 0 Å². The van der Waals surface area contributed by atoms with Crippen molar-refractivity contribution >= 4 is 5.97 Å². The van der Waals surface area contributed by atoms with Gasteiger partial charge in [0.25, 0.3) is 0 Å². The molecule has 6 saturated carbocycles. The highest BCUT2D eigenvalue weighted by Crippen LogP contribution is 2.89. The zero-order chi connectivity index (χ0) is 21.2. The largest absolute Gasteiger partial charge is 0.457 e. The van der Waals surface area contributed by atoms with Crippen LogP contribution in [0.5, 0.6) is 0 Å². The van der Waals surface area contributed by atoms with E-state index in [4.69, 9.17) is 4.74 Å². The minimum absolute atomic E-state index is 0.0469. The smallest absolute Gasteiger partial charge is 0.308 e. The van der Waals surface area contributed by atoms with Gasteiger partial charge in [0, 0.05) is 36.3 Å². The van der Waals surface area contributed by atoms with Crippen molar-refractivity contribution < 1.29 is 24.9 Å². The number of esters is 1. The Morgan fingerprint density at radius 3 is 2.70 bits per heavy atom. The van der Waals surface area contributed by atoms with E-state index in [9.17, 15) is 20.1 Å². The first kappa shape index (κ1) is 18.6. The van der Waals surface area contributed by atoms with Gasteiger partial charge in [0.2, 0.25) is 0 Å². The zero-order valence-corrected chi connectivity index (χ0v) is 18.1. The Balaban J connectivity index is 1.47. The number of carbonyl (C=O) groups excluding carboxylic acids is 1. The van der Waals surface area contributed by atoms with Crippen molar-refractivity contribution in [1.29, 1.82) is 0 Å². The van der Waals surface area contributed by atoms with Gasteiger partial charge in [0.15, 0.2) is 0 Å². The van der Waals surface area contributed by atoms with Crippen molar-refractivity contribution in [3.63, 3.8) is 0 Å². The Morgan fingerprint density at radius 2 is 2.00 bits per heavy atom. The maximum Gasteiger partial charge on any atom is 0.308 e. The van der Waals surface area contributed by atoms with Crippen LogP contribution in [0.4, 0.5) is 0 Å². The Morgan fingerprint density at radius 1 is 1.27 bits per heavy atom. The average Bonchev–Trinajstić information content (AvgIpc) is 3.03. The number of rotatable bonds is 2. The average molecular weight is 416 g/mol. The summed E-state index contributed by atoms with van der Waals surface area (Å²) in [7, 11) is 0. The molecule has 9 fully saturated rings. The fourth-order valence-corrected chi connectivity index (χ4v) is 10.9. The van der Waals surface area contributed by atoms with E-state index in [1.165, 1.54) is 0 Å². The Kier molecular flexibility index (Phi) is 2.92. The molecule has 2 spiro atoms. The molecule has 3 heterocycles. The molecule has 164 valence electrons. The number of nitrogens with zero attached hydrogens (tertiary/aromatic N) is 1. The van der Waals surface area contributed by atoms with E-state index in [0.717, 1.165) is 25.8 Å². The lowest BCUT2D eigenvalue weighted by Gasteiger charge is -2.69. The van der Waals surface area contributed by atoms with Crippen LogP contribution in [0.15, 0.2) is 12.2 Å². The fraction of sp³-hybridized carbons (Fsp3) is 0.875. The second kappa shape index (κ2) is 4.70. The molecule has 3 aliphatic heterocycles. The first-order valence-electron chi connectivity index (χ1n) is 11.8. The standard InChI is InChI=1S/C24H33NO5/c1-11(2)18(27)30-17-12(3)23(28)8-13-15-21-7-5-6-20(4)10-25(15)24(29,19(20)21)9-22(13,17)14(21)16(23)26/h11,13-17,19,26,28-29H,3,5-10H2,1-2,4H3. The molecule has 0 amide bonds. The third-order valence-corrected chi connectivity index (χ3v) is 11.2. The van der Waals surface area contributed by atoms with E-state index in [1.807, 2.05) is 13.8 Å². The Labute approximate surface area is 177 Å². The minimum Gasteiger partial charge on any atom is -0.457 e. The van der Waals surface area contributed by atoms with E-state index in [0.29, 0.717) is 18.4 Å². The normalized spacial score (nSPS) is 65.7. The summed E-state index contributed by atoms with van der Waals surface area (Å²) in [6, 6.07) is 0.150. The summed E-state index contributed by atoms with van der Waals surface area (Å²) in [5.74, 6) is -0.509. The van der Waals surface area contributed by atoms with Crippen LogP contribution >= 0.6 is 0 Å². The van der Waals surface area contributed by atoms with Gasteiger partial charge in [-0.15, -0.1) is 0 Å². The second-order valence-corrected chi connectivity index (χ2v) is 12.4. The number of aliphatic hydroxyl groups excluding tert-OH is 1. The Hall–Kier alpha value is -0.950. The van der Waals surface area contributed by atoms with Gasteiger partial charge in [-0.2, -0.15) is 0 Å². The van der Waals surface area contributed by atoms with E-state index < -0.39 is 28.9 Å². The molecular formula is C24H33NO5. The zero-order valence-electron chi connectivity index (χ0n) is 18.1. The molecule has 6 aliphatic carbocycles. The summed E-state index contributed by atoms with van der Waals surface area (Å²) in [4.78, 5) is 15.1. The van der Waals surface area contributed by atoms with Crippen molar-refractivity contribution in [3.8, 4) is 0 Å². The third kappa shape index (κ3) is 1.44. The SMILES string of the molecule is C=C1C(OC(=O)C(C)C)C23CC4(O)C5C6(C)CCCC57C(C2CC1(O)C(O)C37)N4C6. The molecule has 3 saturated heterocycles. The van der Waals surface area contributed by atoms with Crippen LogP contribution in [-0.4, -0.2) is 62.3 Å². The molecule has 9 rings (SSSR count). The van der Waals surface area contributed by atoms with Crippen molar-refractivity contribution in [1.82, 2.24) is 4.90 Å². The van der Waals surface area contributed by atoms with Gasteiger partial charge in [-0.1, -0.05) is 33.8 Å². The van der Waals surface area contributed by atoms with Gasteiger partial charge < -0.3 is 20.1 Å². The number of ether oxygens (including phenoxy) is 1. The molecular weight excluding hydrogens is 382 g/mol. The van der Waals surface area contributed by atoms with Crippen LogP contribution in [-0.2, 0) is 9.53 Å². The van der Waals surface area contributed by atoms with E-state index >= 15 is 0 Å². The van der Waals surface area contributed by atoms with Crippen LogP contribution < -0.4 is 0 Å². The predicted octanol–water partition coefficient (Wildman–Crippen LogP) is 1.43. The molecule has 12 atom stereocenters. The second-order valence-electron chi connectivity index (χ2n) is 12.4. The molecule has 12 unspecified atom stereocenters. The van der Waals surface area contributed by atoms with Crippen LogP contribution in [0.3, 0.4) is 0 Å². The van der Waals surface area contributed by atoms with Crippen molar-refractivity contribution in [2.45, 2.75) is 82.5 Å². The maximum absolute atomic E-state index is 12.7. The molecule has 0 aromatic rings. The van der Waals surface area contributed by atoms with E-state index in [-0.39, 0.29) is 46.5 Å². The van der Waals surface area contributed by atoms with Crippen molar-refractivity contribution in [2.24, 2.45) is 39.9 Å². The summed E-state index contributed by atoms with van der Waals surface area (Å²) in [5.41, 5.74) is -2.56. The monoisotopic (exact) mass is 415 g/mol. The quantitative estimate of drug-likeness (QED) is 0.467. The van der Waals surface area contributed by atoms with Gasteiger partial charge >= 0.3 is 5.97 Å². The minimum atomic E-state index is -1.41. The molecule has 30 heavy (non-hydrogen) atoms. The fourth-order valence-electron chi connectivity index (χ4n) is 10.9. The number of fused-ring (bicyclic) bond motifs is 1. The molecule has 6 heteroatoms. The van der Waals surface area contributed by atoms with Gasteiger partial charge in [-0.25, -0.2) is 0 Å². The summed E-state index contributed by atoms with van der Waals surface area (Å²) >= 11 is 0. The lowest BCUT2D eigenvalue weighted by molar-refractivity contribution is -0.303. The number of hydrogen-bond acceptors (Lipinski definition) is 6. The van der Waals surface area contributed by atoms with Gasteiger partial charge in [0.05, 0.1) is 12.0 Å². The van der Waals surface area contributed by atoms with Crippen LogP contribution in [0.1, 0.15) is 52.9 Å². The predicted molar refractivity (Wildman–Crippen MR) is 107 cm³/mol. The lowest BCUT2D eigenvalue weighted by Crippen LogP contribution is -2.77. The summed E-state index contributed by atoms with van der Waals surface area (Å²) < 4.78 is 6.09. The number of hydrogen-bond donors (Lipinski definition) is 3. The van der Waals surface area contributed by atoms with Gasteiger partial charge in [-0.05, 0) is 41.6 Å². The van der Waals surface area contributed by atoms with Gasteiger partial charge in [-0.3, -0.25) is 9.69 Å². The highest BCUT2D eigenvalue weighted by Gasteiger charge is 2.95. The molecule has 6 nitrogen and oxygen atoms in total. The maximum atomic E-state index is 12.7. The molecule has 9 bridgehead atoms. The first-order valence-corrected chi connectivity index (χ1v) is 11.8. The highest BCUT2D eigenvalue weighted by molar-refractivity contribution is 5.72. The topological polar surface area (TPSA) is 90.2 Å². The lowest BCUT2D eigenvalue weighted by atomic mass is 9.38. The molecule has 3 N–H and O–H groups in total. The molecule has 0 radical (unpaired) electrons. The molecule has 9 aliphatic rings. The highest BCUT2D eigenvalue weighted by atomic mass is 16.5.